The molecule has 1 aromatic heterocycles. The fraction of sp³-hybridized carbons (Fsp3) is 0.692. The number of ether oxygens (including phenoxy) is 1. The van der Waals surface area contributed by atoms with Gasteiger partial charge in [0, 0.05) is 7.05 Å². The highest BCUT2D eigenvalue weighted by molar-refractivity contribution is 6.02. The van der Waals surface area contributed by atoms with Gasteiger partial charge in [0.1, 0.15) is 0 Å². The number of rotatable bonds is 2. The quantitative estimate of drug-likeness (QED) is 0.759. The van der Waals surface area contributed by atoms with E-state index in [-0.39, 0.29) is 30.2 Å². The summed E-state index contributed by atoms with van der Waals surface area (Å²) in [5.74, 6) is -0.0488. The van der Waals surface area contributed by atoms with Crippen LogP contribution in [-0.4, -0.2) is 40.5 Å². The Morgan fingerprint density at radius 1 is 1.40 bits per heavy atom. The molecular formula is C13H18N4O3. The Morgan fingerprint density at radius 2 is 2.15 bits per heavy atom. The number of amides is 1. The monoisotopic (exact) mass is 278 g/mol. The summed E-state index contributed by atoms with van der Waals surface area (Å²) in [4.78, 5) is 25.9. The minimum absolute atomic E-state index is 0.0260. The summed E-state index contributed by atoms with van der Waals surface area (Å²) in [5.41, 5.74) is 0.131. The summed E-state index contributed by atoms with van der Waals surface area (Å²) in [6.07, 6.45) is 3.92. The molecule has 2 aliphatic rings. The molecule has 7 nitrogen and oxygen atoms in total. The van der Waals surface area contributed by atoms with E-state index in [0.717, 1.165) is 25.7 Å². The van der Waals surface area contributed by atoms with Crippen LogP contribution in [0.25, 0.3) is 0 Å². The number of anilines is 1. The van der Waals surface area contributed by atoms with Crippen molar-refractivity contribution in [3.8, 4) is 0 Å². The molecular weight excluding hydrogens is 260 g/mol. The summed E-state index contributed by atoms with van der Waals surface area (Å²) in [5, 5.41) is 8.04. The zero-order chi connectivity index (χ0) is 14.3. The minimum Gasteiger partial charge on any atom is -0.461 e. The van der Waals surface area contributed by atoms with Crippen molar-refractivity contribution in [2.24, 2.45) is 5.92 Å². The number of nitrogens with zero attached hydrogens (tertiary/aromatic N) is 4. The lowest BCUT2D eigenvalue weighted by atomic mass is 9.82. The number of carbonyl (C=O) groups is 2. The van der Waals surface area contributed by atoms with Crippen LogP contribution in [0.5, 0.6) is 0 Å². The van der Waals surface area contributed by atoms with E-state index in [1.807, 2.05) is 0 Å². The predicted molar refractivity (Wildman–Crippen MR) is 70.4 cm³/mol. The molecule has 0 saturated heterocycles. The molecule has 2 atom stereocenters. The summed E-state index contributed by atoms with van der Waals surface area (Å²) in [7, 11) is 1.67. The Hall–Kier alpha value is -1.92. The van der Waals surface area contributed by atoms with Gasteiger partial charge in [0.25, 0.3) is 0 Å². The molecule has 2 unspecified atom stereocenters. The van der Waals surface area contributed by atoms with E-state index in [0.29, 0.717) is 5.82 Å². The standard InChI is InChI=1S/C13H18N4O3/c1-3-20-13(19)10-11-16(2)12(18)8-6-4-5-7-9(8)17(11)15-14-10/h8-9H,3-7H2,1-2H3. The van der Waals surface area contributed by atoms with E-state index in [9.17, 15) is 9.59 Å². The van der Waals surface area contributed by atoms with E-state index in [1.54, 1.807) is 18.7 Å². The van der Waals surface area contributed by atoms with Crippen LogP contribution in [0.2, 0.25) is 0 Å². The second-order valence-electron chi connectivity index (χ2n) is 5.28. The van der Waals surface area contributed by atoms with E-state index < -0.39 is 5.97 Å². The highest BCUT2D eigenvalue weighted by Gasteiger charge is 2.43. The van der Waals surface area contributed by atoms with E-state index in [4.69, 9.17) is 4.74 Å². The zero-order valence-electron chi connectivity index (χ0n) is 11.7. The zero-order valence-corrected chi connectivity index (χ0v) is 11.7. The highest BCUT2D eigenvalue weighted by Crippen LogP contribution is 2.41. The van der Waals surface area contributed by atoms with Gasteiger partial charge in [-0.3, -0.25) is 9.69 Å². The first-order chi connectivity index (χ1) is 9.65. The van der Waals surface area contributed by atoms with E-state index in [1.165, 1.54) is 4.90 Å². The van der Waals surface area contributed by atoms with Crippen LogP contribution in [0.3, 0.4) is 0 Å². The predicted octanol–water partition coefficient (Wildman–Crippen LogP) is 1.16. The SMILES string of the molecule is CCOC(=O)c1nnn2c1N(C)C(=O)C1CCCCC12. The molecule has 1 aliphatic carbocycles. The molecule has 0 N–H and O–H groups in total. The van der Waals surface area contributed by atoms with Crippen molar-refractivity contribution in [2.75, 3.05) is 18.6 Å². The van der Waals surface area contributed by atoms with Crippen LogP contribution in [0.1, 0.15) is 49.1 Å². The van der Waals surface area contributed by atoms with Crippen molar-refractivity contribution in [3.63, 3.8) is 0 Å². The fourth-order valence-electron chi connectivity index (χ4n) is 3.20. The van der Waals surface area contributed by atoms with Crippen molar-refractivity contribution in [2.45, 2.75) is 38.6 Å². The second kappa shape index (κ2) is 4.88. The summed E-state index contributed by atoms with van der Waals surface area (Å²) >= 11 is 0. The second-order valence-corrected chi connectivity index (χ2v) is 5.28. The number of aromatic nitrogens is 3. The van der Waals surface area contributed by atoms with Gasteiger partial charge in [-0.05, 0) is 19.8 Å². The average molecular weight is 278 g/mol. The van der Waals surface area contributed by atoms with E-state index >= 15 is 0 Å². The Kier molecular flexibility index (Phi) is 3.19. The molecule has 1 aliphatic heterocycles. The number of hydrogen-bond acceptors (Lipinski definition) is 5. The van der Waals surface area contributed by atoms with Crippen LogP contribution in [0.4, 0.5) is 5.82 Å². The third-order valence-corrected chi connectivity index (χ3v) is 4.15. The molecule has 0 radical (unpaired) electrons. The fourth-order valence-corrected chi connectivity index (χ4v) is 3.20. The lowest BCUT2D eigenvalue weighted by Crippen LogP contribution is -2.46. The molecule has 0 aromatic carbocycles. The maximum absolute atomic E-state index is 12.5. The largest absolute Gasteiger partial charge is 0.461 e. The lowest BCUT2D eigenvalue weighted by molar-refractivity contribution is -0.125. The molecule has 0 spiro atoms. The lowest BCUT2D eigenvalue weighted by Gasteiger charge is -2.38. The van der Waals surface area contributed by atoms with Gasteiger partial charge in [-0.15, -0.1) is 5.10 Å². The van der Waals surface area contributed by atoms with Crippen molar-refractivity contribution in [1.82, 2.24) is 15.0 Å². The van der Waals surface area contributed by atoms with Gasteiger partial charge < -0.3 is 4.74 Å². The smallest absolute Gasteiger partial charge is 0.362 e. The van der Waals surface area contributed by atoms with Crippen LogP contribution in [-0.2, 0) is 9.53 Å². The Bertz CT molecular complexity index is 554. The molecule has 7 heteroatoms. The van der Waals surface area contributed by atoms with Gasteiger partial charge in [0.05, 0.1) is 18.6 Å². The van der Waals surface area contributed by atoms with Crippen LogP contribution in [0.15, 0.2) is 0 Å². The van der Waals surface area contributed by atoms with Gasteiger partial charge in [-0.1, -0.05) is 18.1 Å². The number of esters is 1. The number of fused-ring (bicyclic) bond motifs is 3. The molecule has 108 valence electrons. The van der Waals surface area contributed by atoms with Crippen LogP contribution < -0.4 is 4.90 Å². The van der Waals surface area contributed by atoms with Crippen molar-refractivity contribution in [1.29, 1.82) is 0 Å². The third kappa shape index (κ3) is 1.80. The number of carbonyl (C=O) groups excluding carboxylic acids is 2. The minimum atomic E-state index is -0.525. The molecule has 0 bridgehead atoms. The molecule has 20 heavy (non-hydrogen) atoms. The van der Waals surface area contributed by atoms with Gasteiger partial charge in [0.2, 0.25) is 11.6 Å². The topological polar surface area (TPSA) is 77.3 Å². The van der Waals surface area contributed by atoms with Crippen molar-refractivity contribution in [3.05, 3.63) is 5.69 Å². The number of hydrogen-bond donors (Lipinski definition) is 0. The summed E-state index contributed by atoms with van der Waals surface area (Å²) in [6.45, 7) is 2.01. The molecule has 1 saturated carbocycles. The molecule has 1 aromatic rings. The van der Waals surface area contributed by atoms with Gasteiger partial charge in [0.15, 0.2) is 5.82 Å². The Morgan fingerprint density at radius 3 is 2.90 bits per heavy atom. The normalized spacial score (nSPS) is 25.1. The molecule has 3 rings (SSSR count). The maximum atomic E-state index is 12.5. The average Bonchev–Trinajstić information content (AvgIpc) is 2.90. The van der Waals surface area contributed by atoms with Crippen molar-refractivity contribution < 1.29 is 14.3 Å². The molecule has 2 heterocycles. The van der Waals surface area contributed by atoms with Gasteiger partial charge >= 0.3 is 5.97 Å². The van der Waals surface area contributed by atoms with Crippen LogP contribution >= 0.6 is 0 Å². The van der Waals surface area contributed by atoms with E-state index in [2.05, 4.69) is 10.3 Å². The summed E-state index contributed by atoms with van der Waals surface area (Å²) < 4.78 is 6.71. The van der Waals surface area contributed by atoms with Crippen LogP contribution in [0, 0.1) is 5.92 Å². The first-order valence-electron chi connectivity index (χ1n) is 7.05. The first kappa shape index (κ1) is 13.1. The first-order valence-corrected chi connectivity index (χ1v) is 7.05. The Balaban J connectivity index is 2.04. The van der Waals surface area contributed by atoms with Gasteiger partial charge in [-0.2, -0.15) is 0 Å². The summed E-state index contributed by atoms with van der Waals surface area (Å²) in [6, 6.07) is 0.0260. The molecule has 1 amide bonds. The molecule has 1 fully saturated rings. The third-order valence-electron chi connectivity index (χ3n) is 4.15. The Labute approximate surface area is 116 Å². The van der Waals surface area contributed by atoms with Gasteiger partial charge in [-0.25, -0.2) is 9.48 Å². The van der Waals surface area contributed by atoms with Crippen molar-refractivity contribution >= 4 is 17.7 Å². The highest BCUT2D eigenvalue weighted by atomic mass is 16.5. The maximum Gasteiger partial charge on any atom is 0.362 e.